The minimum Gasteiger partial charge on any atom is -0.493 e. The molecule has 0 aliphatic carbocycles. The molecule has 0 atom stereocenters. The van der Waals surface area contributed by atoms with E-state index in [1.807, 2.05) is 37.3 Å². The van der Waals surface area contributed by atoms with Gasteiger partial charge in [-0.3, -0.25) is 9.59 Å². The Balaban J connectivity index is 1.50. The van der Waals surface area contributed by atoms with Gasteiger partial charge < -0.3 is 14.8 Å². The number of nitrogens with zero attached hydrogens (tertiary/aromatic N) is 1. The molecule has 33 heavy (non-hydrogen) atoms. The summed E-state index contributed by atoms with van der Waals surface area (Å²) < 4.78 is 11.2. The van der Waals surface area contributed by atoms with Crippen LogP contribution in [0.4, 0.5) is 5.69 Å². The Hall–Kier alpha value is -3.84. The smallest absolute Gasteiger partial charge is 0.249 e. The number of halogens is 1. The number of aryl methyl sites for hydroxylation is 1. The van der Waals surface area contributed by atoms with Gasteiger partial charge in [-0.25, -0.2) is 5.43 Å². The van der Waals surface area contributed by atoms with Crippen molar-refractivity contribution in [3.8, 4) is 11.5 Å². The summed E-state index contributed by atoms with van der Waals surface area (Å²) in [5.74, 6) is 0.119. The maximum atomic E-state index is 12.0. The number of carbonyl (C=O) groups is 2. The second kappa shape index (κ2) is 11.7. The first-order chi connectivity index (χ1) is 15.9. The number of nitrogens with one attached hydrogen (secondary N) is 2. The molecule has 0 aliphatic rings. The third-order valence-electron chi connectivity index (χ3n) is 4.60. The van der Waals surface area contributed by atoms with E-state index in [1.54, 1.807) is 43.5 Å². The molecule has 0 aromatic heterocycles. The summed E-state index contributed by atoms with van der Waals surface area (Å²) in [6.45, 7) is 2.28. The van der Waals surface area contributed by atoms with Crippen molar-refractivity contribution >= 4 is 35.3 Å². The molecule has 0 spiro atoms. The Morgan fingerprint density at radius 2 is 1.79 bits per heavy atom. The maximum absolute atomic E-state index is 12.0. The highest BCUT2D eigenvalue weighted by atomic mass is 35.5. The highest BCUT2D eigenvalue weighted by molar-refractivity contribution is 6.31. The summed E-state index contributed by atoms with van der Waals surface area (Å²) >= 11 is 6.04. The van der Waals surface area contributed by atoms with Gasteiger partial charge in [-0.05, 0) is 53.9 Å². The van der Waals surface area contributed by atoms with E-state index in [1.165, 1.54) is 6.21 Å². The third-order valence-corrected chi connectivity index (χ3v) is 5.01. The van der Waals surface area contributed by atoms with Crippen LogP contribution in [0.2, 0.25) is 5.02 Å². The van der Waals surface area contributed by atoms with Crippen molar-refractivity contribution in [3.05, 3.63) is 88.4 Å². The third kappa shape index (κ3) is 7.36. The van der Waals surface area contributed by atoms with Crippen LogP contribution in [0.15, 0.2) is 71.8 Å². The maximum Gasteiger partial charge on any atom is 0.249 e. The zero-order valence-electron chi connectivity index (χ0n) is 18.3. The van der Waals surface area contributed by atoms with E-state index < -0.39 is 11.8 Å². The molecule has 0 aliphatic heterocycles. The van der Waals surface area contributed by atoms with E-state index in [9.17, 15) is 9.59 Å². The van der Waals surface area contributed by atoms with Crippen LogP contribution in [0.25, 0.3) is 0 Å². The monoisotopic (exact) mass is 465 g/mol. The predicted octanol–water partition coefficient (Wildman–Crippen LogP) is 4.71. The number of carbonyl (C=O) groups excluding carboxylic acids is 2. The summed E-state index contributed by atoms with van der Waals surface area (Å²) in [5.41, 5.74) is 5.49. The summed E-state index contributed by atoms with van der Waals surface area (Å²) in [4.78, 5) is 24.0. The zero-order chi connectivity index (χ0) is 23.6. The first-order valence-electron chi connectivity index (χ1n) is 10.2. The van der Waals surface area contributed by atoms with Gasteiger partial charge in [-0.2, -0.15) is 5.10 Å². The number of anilines is 1. The van der Waals surface area contributed by atoms with Gasteiger partial charge in [0.2, 0.25) is 11.8 Å². The van der Waals surface area contributed by atoms with Crippen LogP contribution < -0.4 is 20.2 Å². The zero-order valence-corrected chi connectivity index (χ0v) is 19.1. The molecule has 0 radical (unpaired) electrons. The lowest BCUT2D eigenvalue weighted by Gasteiger charge is -2.11. The molecular weight excluding hydrogens is 442 g/mol. The van der Waals surface area contributed by atoms with Crippen molar-refractivity contribution < 1.29 is 19.1 Å². The van der Waals surface area contributed by atoms with E-state index in [4.69, 9.17) is 21.1 Å². The number of hydrazone groups is 1. The Morgan fingerprint density at radius 1 is 1.00 bits per heavy atom. The molecule has 7 nitrogen and oxygen atoms in total. The van der Waals surface area contributed by atoms with Crippen LogP contribution >= 0.6 is 11.6 Å². The molecule has 3 aromatic carbocycles. The fraction of sp³-hybridized carbons (Fsp3) is 0.160. The molecule has 3 aromatic rings. The number of ether oxygens (including phenoxy) is 2. The van der Waals surface area contributed by atoms with Crippen LogP contribution in [0.3, 0.4) is 0 Å². The van der Waals surface area contributed by atoms with Gasteiger partial charge in [0, 0.05) is 10.7 Å². The molecule has 0 saturated carbocycles. The standard InChI is InChI=1S/C25H24ClN3O4/c1-17-8-10-20(13-21(17)26)28-24(30)14-25(31)29-27-15-19-9-11-22(23(12-19)32-2)33-16-18-6-4-3-5-7-18/h3-13,15H,14,16H2,1-2H3,(H,28,30)(H,29,31). The average molecular weight is 466 g/mol. The first kappa shape index (κ1) is 23.8. The predicted molar refractivity (Wildman–Crippen MR) is 129 cm³/mol. The SMILES string of the molecule is COc1cc(C=NNC(=O)CC(=O)Nc2ccc(C)c(Cl)c2)ccc1OCc1ccccc1. The van der Waals surface area contributed by atoms with Gasteiger partial charge in [-0.1, -0.05) is 48.0 Å². The van der Waals surface area contributed by atoms with Crippen LogP contribution in [0, 0.1) is 6.92 Å². The minimum absolute atomic E-state index is 0.377. The first-order valence-corrected chi connectivity index (χ1v) is 10.5. The number of hydrogen-bond acceptors (Lipinski definition) is 5. The fourth-order valence-corrected chi connectivity index (χ4v) is 3.04. The number of benzene rings is 3. The Kier molecular flexibility index (Phi) is 8.43. The molecule has 2 N–H and O–H groups in total. The highest BCUT2D eigenvalue weighted by Crippen LogP contribution is 2.28. The molecule has 8 heteroatoms. The van der Waals surface area contributed by atoms with Crippen molar-refractivity contribution in [1.29, 1.82) is 0 Å². The molecule has 0 unspecified atom stereocenters. The van der Waals surface area contributed by atoms with Gasteiger partial charge in [0.1, 0.15) is 13.0 Å². The van der Waals surface area contributed by atoms with E-state index in [0.717, 1.165) is 11.1 Å². The number of hydrogen-bond donors (Lipinski definition) is 2. The van der Waals surface area contributed by atoms with Crippen molar-refractivity contribution in [1.82, 2.24) is 5.43 Å². The molecule has 3 rings (SSSR count). The van der Waals surface area contributed by atoms with Crippen molar-refractivity contribution in [3.63, 3.8) is 0 Å². The highest BCUT2D eigenvalue weighted by Gasteiger charge is 2.10. The summed E-state index contributed by atoms with van der Waals surface area (Å²) in [6, 6.07) is 20.2. The normalized spacial score (nSPS) is 10.6. The van der Waals surface area contributed by atoms with Crippen LogP contribution in [0.5, 0.6) is 11.5 Å². The summed E-state index contributed by atoms with van der Waals surface area (Å²) in [5, 5.41) is 7.07. The lowest BCUT2D eigenvalue weighted by atomic mass is 10.2. The number of amides is 2. The average Bonchev–Trinajstić information content (AvgIpc) is 2.81. The molecular formula is C25H24ClN3O4. The van der Waals surface area contributed by atoms with E-state index in [0.29, 0.717) is 34.4 Å². The van der Waals surface area contributed by atoms with E-state index in [-0.39, 0.29) is 6.42 Å². The second-order valence-electron chi connectivity index (χ2n) is 7.17. The lowest BCUT2D eigenvalue weighted by Crippen LogP contribution is -2.24. The van der Waals surface area contributed by atoms with Gasteiger partial charge in [0.15, 0.2) is 11.5 Å². The molecule has 170 valence electrons. The molecule has 0 fully saturated rings. The second-order valence-corrected chi connectivity index (χ2v) is 7.57. The number of rotatable bonds is 9. The van der Waals surface area contributed by atoms with Crippen molar-refractivity contribution in [2.24, 2.45) is 5.10 Å². The van der Waals surface area contributed by atoms with Crippen LogP contribution in [0.1, 0.15) is 23.1 Å². The van der Waals surface area contributed by atoms with Gasteiger partial charge in [0.25, 0.3) is 0 Å². The molecule has 0 heterocycles. The number of methoxy groups -OCH3 is 1. The van der Waals surface area contributed by atoms with Gasteiger partial charge >= 0.3 is 0 Å². The minimum atomic E-state index is -0.545. The largest absolute Gasteiger partial charge is 0.493 e. The van der Waals surface area contributed by atoms with Gasteiger partial charge in [-0.15, -0.1) is 0 Å². The topological polar surface area (TPSA) is 89.0 Å². The van der Waals surface area contributed by atoms with Crippen LogP contribution in [-0.4, -0.2) is 25.1 Å². The fourth-order valence-electron chi connectivity index (χ4n) is 2.86. The van der Waals surface area contributed by atoms with Crippen molar-refractivity contribution in [2.45, 2.75) is 20.0 Å². The lowest BCUT2D eigenvalue weighted by molar-refractivity contribution is -0.126. The summed E-state index contributed by atoms with van der Waals surface area (Å²) in [7, 11) is 1.55. The molecule has 0 saturated heterocycles. The van der Waals surface area contributed by atoms with E-state index >= 15 is 0 Å². The Bertz CT molecular complexity index is 1150. The van der Waals surface area contributed by atoms with Gasteiger partial charge in [0.05, 0.1) is 13.3 Å². The van der Waals surface area contributed by atoms with E-state index in [2.05, 4.69) is 15.8 Å². The van der Waals surface area contributed by atoms with Crippen molar-refractivity contribution in [2.75, 3.05) is 12.4 Å². The Morgan fingerprint density at radius 3 is 2.52 bits per heavy atom. The molecule has 2 amide bonds. The molecule has 0 bridgehead atoms. The van der Waals surface area contributed by atoms with Crippen LogP contribution in [-0.2, 0) is 16.2 Å². The quantitative estimate of drug-likeness (QED) is 0.272. The summed E-state index contributed by atoms with van der Waals surface area (Å²) in [6.07, 6.45) is 1.08. The Labute approximate surface area is 197 Å².